The Labute approximate surface area is 203 Å². The number of aromatic carboxylic acids is 1. The second-order valence-electron chi connectivity index (χ2n) is 9.14. The summed E-state index contributed by atoms with van der Waals surface area (Å²) >= 11 is 1.42. The van der Waals surface area contributed by atoms with Crippen LogP contribution in [-0.4, -0.2) is 23.9 Å². The fourth-order valence-electron chi connectivity index (χ4n) is 4.57. The van der Waals surface area contributed by atoms with Crippen LogP contribution < -0.4 is 0 Å². The second-order valence-corrected chi connectivity index (χ2v) is 12.1. The highest BCUT2D eigenvalue weighted by Crippen LogP contribution is 2.44. The third-order valence-electron chi connectivity index (χ3n) is 6.51. The number of aromatic nitrogens is 1. The molecule has 2 aromatic carbocycles. The first kappa shape index (κ1) is 22.7. The van der Waals surface area contributed by atoms with E-state index < -0.39 is 15.8 Å². The molecule has 0 spiro atoms. The number of hydrogen-bond donors (Lipinski definition) is 1. The van der Waals surface area contributed by atoms with E-state index in [4.69, 9.17) is 0 Å². The van der Waals surface area contributed by atoms with Gasteiger partial charge in [-0.1, -0.05) is 35.9 Å². The number of carbonyl (C=O) groups is 1. The van der Waals surface area contributed by atoms with Crippen LogP contribution in [0.15, 0.2) is 65.2 Å². The molecular formula is C27H25NO4S2. The van der Waals surface area contributed by atoms with E-state index in [2.05, 4.69) is 23.4 Å². The molecular weight excluding hydrogens is 466 g/mol. The van der Waals surface area contributed by atoms with Crippen molar-refractivity contribution in [3.63, 3.8) is 0 Å². The highest BCUT2D eigenvalue weighted by atomic mass is 32.2. The first-order chi connectivity index (χ1) is 16.2. The van der Waals surface area contributed by atoms with Gasteiger partial charge in [0.05, 0.1) is 16.2 Å². The van der Waals surface area contributed by atoms with E-state index in [1.807, 2.05) is 31.3 Å². The maximum Gasteiger partial charge on any atom is 0.335 e. The first-order valence-electron chi connectivity index (χ1n) is 11.2. The third-order valence-corrected chi connectivity index (χ3v) is 8.93. The summed E-state index contributed by atoms with van der Waals surface area (Å²) in [4.78, 5) is 12.8. The molecule has 7 heteroatoms. The summed E-state index contributed by atoms with van der Waals surface area (Å²) in [6.45, 7) is 4.07. The van der Waals surface area contributed by atoms with Gasteiger partial charge in [-0.05, 0) is 96.6 Å². The smallest absolute Gasteiger partial charge is 0.335 e. The lowest BCUT2D eigenvalue weighted by Crippen LogP contribution is -2.11. The van der Waals surface area contributed by atoms with Crippen LogP contribution in [0.5, 0.6) is 0 Å². The van der Waals surface area contributed by atoms with Gasteiger partial charge >= 0.3 is 5.97 Å². The quantitative estimate of drug-likeness (QED) is 0.413. The molecule has 1 saturated carbocycles. The lowest BCUT2D eigenvalue weighted by molar-refractivity contribution is 0.0696. The number of nitrogens with zero attached hydrogens (tertiary/aromatic N) is 1. The Hall–Kier alpha value is -3.03. The molecule has 174 valence electrons. The predicted molar refractivity (Wildman–Crippen MR) is 135 cm³/mol. The first-order valence-corrected chi connectivity index (χ1v) is 13.7. The molecule has 1 N–H and O–H groups in total. The van der Waals surface area contributed by atoms with Gasteiger partial charge in [0, 0.05) is 16.6 Å². The molecule has 5 nitrogen and oxygen atoms in total. The average molecular weight is 492 g/mol. The van der Waals surface area contributed by atoms with Crippen LogP contribution in [-0.2, 0) is 15.6 Å². The molecule has 34 heavy (non-hydrogen) atoms. The van der Waals surface area contributed by atoms with Gasteiger partial charge < -0.3 is 5.11 Å². The molecule has 0 unspecified atom stereocenters. The summed E-state index contributed by atoms with van der Waals surface area (Å²) in [5.41, 5.74) is 6.63. The number of carboxylic acid groups (broad SMARTS) is 1. The van der Waals surface area contributed by atoms with E-state index in [1.165, 1.54) is 29.2 Å². The molecule has 0 bridgehead atoms. The number of carboxylic acids is 1. The molecule has 0 saturated heterocycles. The van der Waals surface area contributed by atoms with Crippen molar-refractivity contribution in [1.82, 2.24) is 4.37 Å². The zero-order valence-electron chi connectivity index (χ0n) is 19.0. The average Bonchev–Trinajstić information content (AvgIpc) is 3.42. The Morgan fingerprint density at radius 3 is 2.50 bits per heavy atom. The topological polar surface area (TPSA) is 84.3 Å². The lowest BCUT2D eigenvalue weighted by atomic mass is 9.95. The number of benzene rings is 2. The van der Waals surface area contributed by atoms with Crippen LogP contribution in [0.3, 0.4) is 0 Å². The third kappa shape index (κ3) is 4.38. The monoisotopic (exact) mass is 491 g/mol. The van der Waals surface area contributed by atoms with E-state index in [0.29, 0.717) is 0 Å². The van der Waals surface area contributed by atoms with Crippen molar-refractivity contribution < 1.29 is 18.3 Å². The number of allylic oxidation sites excluding steroid dienone is 4. The van der Waals surface area contributed by atoms with Gasteiger partial charge in [0.25, 0.3) is 0 Å². The minimum absolute atomic E-state index is 0.00440. The zero-order chi connectivity index (χ0) is 24.0. The Bertz CT molecular complexity index is 1470. The Morgan fingerprint density at radius 2 is 1.88 bits per heavy atom. The molecule has 1 heterocycles. The summed E-state index contributed by atoms with van der Waals surface area (Å²) in [5.74, 6) is -1.13. The predicted octanol–water partition coefficient (Wildman–Crippen LogP) is 6.40. The van der Waals surface area contributed by atoms with Crippen LogP contribution in [0.2, 0.25) is 0 Å². The molecule has 0 aliphatic heterocycles. The highest BCUT2D eigenvalue weighted by molar-refractivity contribution is 7.90. The van der Waals surface area contributed by atoms with Gasteiger partial charge in [-0.15, -0.1) is 0 Å². The zero-order valence-corrected chi connectivity index (χ0v) is 20.7. The van der Waals surface area contributed by atoms with Crippen LogP contribution in [0.25, 0.3) is 16.7 Å². The van der Waals surface area contributed by atoms with Gasteiger partial charge in [0.1, 0.15) is 0 Å². The molecule has 3 aromatic rings. The molecule has 0 radical (unpaired) electrons. The van der Waals surface area contributed by atoms with Gasteiger partial charge in [-0.2, -0.15) is 0 Å². The summed E-state index contributed by atoms with van der Waals surface area (Å²) < 4.78 is 31.9. The maximum absolute atomic E-state index is 13.8. The van der Waals surface area contributed by atoms with Crippen molar-refractivity contribution >= 4 is 32.9 Å². The van der Waals surface area contributed by atoms with E-state index in [-0.39, 0.29) is 22.1 Å². The fourth-order valence-corrected chi connectivity index (χ4v) is 6.86. The number of rotatable bonds is 7. The van der Waals surface area contributed by atoms with Crippen LogP contribution in [0.1, 0.15) is 64.0 Å². The van der Waals surface area contributed by atoms with E-state index >= 15 is 0 Å². The van der Waals surface area contributed by atoms with Gasteiger partial charge in [-0.3, -0.25) is 0 Å². The Balaban J connectivity index is 1.61. The Morgan fingerprint density at radius 1 is 1.09 bits per heavy atom. The number of aryl methyl sites for hydroxylation is 1. The van der Waals surface area contributed by atoms with Gasteiger partial charge in [0.2, 0.25) is 0 Å². The summed E-state index contributed by atoms with van der Waals surface area (Å²) in [6, 6.07) is 10.5. The van der Waals surface area contributed by atoms with Crippen molar-refractivity contribution in [2.45, 2.75) is 49.7 Å². The summed E-state index contributed by atoms with van der Waals surface area (Å²) in [6.07, 6.45) is 8.58. The van der Waals surface area contributed by atoms with Crippen molar-refractivity contribution in [2.24, 2.45) is 0 Å². The highest BCUT2D eigenvalue weighted by Gasteiger charge is 2.32. The maximum atomic E-state index is 13.8. The van der Waals surface area contributed by atoms with E-state index in [0.717, 1.165) is 57.5 Å². The standard InChI is InChI=1S/C27H25NO4S2/c1-16-3-4-19(11-16)23-9-7-20(25-14-28-33-17(25)2)12-22(23)15-34(31,32)26-13-21(27(29)30)8-10-24(26)18-5-6-18/h3-4,7-10,12-14,18H,5-6,11,15H2,1-2H3,(H,29,30). The minimum atomic E-state index is -3.79. The molecule has 5 rings (SSSR count). The van der Waals surface area contributed by atoms with Crippen LogP contribution in [0.4, 0.5) is 0 Å². The van der Waals surface area contributed by atoms with Crippen LogP contribution >= 0.6 is 11.5 Å². The van der Waals surface area contributed by atoms with E-state index in [9.17, 15) is 18.3 Å². The minimum Gasteiger partial charge on any atom is -0.478 e. The normalized spacial score (nSPS) is 15.8. The molecule has 0 amide bonds. The van der Waals surface area contributed by atoms with Gasteiger partial charge in [0.15, 0.2) is 9.84 Å². The SMILES string of the molecule is CC1=CC=C(c2ccc(-c3cnsc3C)cc2CS(=O)(=O)c2cc(C(=O)O)ccc2C2CC2)C1. The van der Waals surface area contributed by atoms with Gasteiger partial charge in [-0.25, -0.2) is 17.6 Å². The van der Waals surface area contributed by atoms with Crippen molar-refractivity contribution in [2.75, 3.05) is 0 Å². The molecule has 1 aromatic heterocycles. The van der Waals surface area contributed by atoms with E-state index in [1.54, 1.807) is 6.07 Å². The lowest BCUT2D eigenvalue weighted by Gasteiger charge is -2.16. The van der Waals surface area contributed by atoms with Crippen molar-refractivity contribution in [3.05, 3.63) is 87.5 Å². The molecule has 1 fully saturated rings. The molecule has 0 atom stereocenters. The molecule has 2 aliphatic rings. The summed E-state index contributed by atoms with van der Waals surface area (Å²) in [5, 5.41) is 9.48. The van der Waals surface area contributed by atoms with Crippen molar-refractivity contribution in [3.8, 4) is 11.1 Å². The number of sulfone groups is 1. The molecule has 2 aliphatic carbocycles. The van der Waals surface area contributed by atoms with Crippen molar-refractivity contribution in [1.29, 1.82) is 0 Å². The Kier molecular flexibility index (Phi) is 5.78. The van der Waals surface area contributed by atoms with Crippen LogP contribution in [0, 0.1) is 6.92 Å². The largest absolute Gasteiger partial charge is 0.478 e. The summed E-state index contributed by atoms with van der Waals surface area (Å²) in [7, 11) is -3.79. The number of hydrogen-bond acceptors (Lipinski definition) is 5. The second kappa shape index (κ2) is 8.64. The fraction of sp³-hybridized carbons (Fsp3) is 0.259.